The Labute approximate surface area is 183 Å². The zero-order valence-electron chi connectivity index (χ0n) is 17.4. The molecule has 0 amide bonds. The van der Waals surface area contributed by atoms with Crippen molar-refractivity contribution in [1.29, 1.82) is 0 Å². The van der Waals surface area contributed by atoms with Crippen LogP contribution in [0.25, 0.3) is 0 Å². The van der Waals surface area contributed by atoms with Gasteiger partial charge in [0.25, 0.3) is 0 Å². The molecule has 0 aliphatic rings. The van der Waals surface area contributed by atoms with Gasteiger partial charge in [-0.05, 0) is 57.6 Å². The first kappa shape index (κ1) is 20.9. The van der Waals surface area contributed by atoms with Gasteiger partial charge >= 0.3 is 0 Å². The van der Waals surface area contributed by atoms with Gasteiger partial charge in [-0.2, -0.15) is 0 Å². The summed E-state index contributed by atoms with van der Waals surface area (Å²) in [5.74, 6) is 1.54. The first-order valence-electron chi connectivity index (χ1n) is 10.5. The van der Waals surface area contributed by atoms with Crippen LogP contribution in [0.2, 0.25) is 0 Å². The van der Waals surface area contributed by atoms with Crippen molar-refractivity contribution < 1.29 is 14.9 Å². The molecule has 4 aromatic carbocycles. The molecule has 0 aliphatic carbocycles. The van der Waals surface area contributed by atoms with Gasteiger partial charge in [-0.25, -0.2) is 0 Å². The van der Waals surface area contributed by atoms with Gasteiger partial charge in [0.2, 0.25) is 0 Å². The highest BCUT2D eigenvalue weighted by Gasteiger charge is 2.12. The summed E-state index contributed by atoms with van der Waals surface area (Å²) in [6.45, 7) is -0.0148. The Kier molecular flexibility index (Phi) is 6.78. The van der Waals surface area contributed by atoms with Gasteiger partial charge in [-0.3, -0.25) is 0 Å². The number of ether oxygens (including phenoxy) is 1. The number of hydrogen-bond acceptors (Lipinski definition) is 3. The Bertz CT molecular complexity index is 1030. The van der Waals surface area contributed by atoms with E-state index in [4.69, 9.17) is 4.74 Å². The van der Waals surface area contributed by atoms with Crippen LogP contribution in [0.4, 0.5) is 0 Å². The molecule has 31 heavy (non-hydrogen) atoms. The summed E-state index contributed by atoms with van der Waals surface area (Å²) in [5.41, 5.74) is 6.13. The Morgan fingerprint density at radius 1 is 0.484 bits per heavy atom. The van der Waals surface area contributed by atoms with Crippen LogP contribution in [0.3, 0.4) is 0 Å². The SMILES string of the molecule is OCc1ccc(Oc2ccc(CO)cc2Cc2ccccc2)c(Cc2ccccc2)c1. The Hall–Kier alpha value is -3.40. The van der Waals surface area contributed by atoms with Crippen molar-refractivity contribution in [2.24, 2.45) is 0 Å². The zero-order valence-corrected chi connectivity index (χ0v) is 17.4. The summed E-state index contributed by atoms with van der Waals surface area (Å²) in [7, 11) is 0. The quantitative estimate of drug-likeness (QED) is 0.395. The fourth-order valence-corrected chi connectivity index (χ4v) is 3.69. The monoisotopic (exact) mass is 410 g/mol. The number of benzene rings is 4. The van der Waals surface area contributed by atoms with Crippen molar-refractivity contribution in [3.05, 3.63) is 130 Å². The summed E-state index contributed by atoms with van der Waals surface area (Å²) in [5, 5.41) is 19.2. The van der Waals surface area contributed by atoms with Crippen LogP contribution >= 0.6 is 0 Å². The fraction of sp³-hybridized carbons (Fsp3) is 0.143. The molecule has 2 N–H and O–H groups in total. The van der Waals surface area contributed by atoms with Gasteiger partial charge in [0.1, 0.15) is 11.5 Å². The molecule has 4 aromatic rings. The predicted molar refractivity (Wildman–Crippen MR) is 123 cm³/mol. The first-order valence-corrected chi connectivity index (χ1v) is 10.5. The Morgan fingerprint density at radius 3 is 1.29 bits per heavy atom. The highest BCUT2D eigenvalue weighted by Crippen LogP contribution is 2.32. The van der Waals surface area contributed by atoms with Crippen molar-refractivity contribution in [2.75, 3.05) is 0 Å². The molecular formula is C28H26O3. The van der Waals surface area contributed by atoms with E-state index in [2.05, 4.69) is 24.3 Å². The van der Waals surface area contributed by atoms with Crippen LogP contribution in [-0.2, 0) is 26.1 Å². The number of rotatable bonds is 8. The topological polar surface area (TPSA) is 49.7 Å². The molecule has 0 heterocycles. The molecule has 0 spiro atoms. The van der Waals surface area contributed by atoms with Crippen molar-refractivity contribution in [3.63, 3.8) is 0 Å². The van der Waals surface area contributed by atoms with E-state index < -0.39 is 0 Å². The van der Waals surface area contributed by atoms with E-state index in [-0.39, 0.29) is 13.2 Å². The number of aliphatic hydroxyl groups excluding tert-OH is 2. The molecule has 0 saturated carbocycles. The van der Waals surface area contributed by atoms with E-state index >= 15 is 0 Å². The lowest BCUT2D eigenvalue weighted by atomic mass is 10.0. The molecule has 3 heteroatoms. The smallest absolute Gasteiger partial charge is 0.130 e. The summed E-state index contributed by atoms with van der Waals surface area (Å²) in [4.78, 5) is 0. The van der Waals surface area contributed by atoms with Crippen LogP contribution in [0, 0.1) is 0 Å². The van der Waals surface area contributed by atoms with Crippen molar-refractivity contribution >= 4 is 0 Å². The average molecular weight is 411 g/mol. The van der Waals surface area contributed by atoms with Crippen molar-refractivity contribution in [1.82, 2.24) is 0 Å². The predicted octanol–water partition coefficient (Wildman–Crippen LogP) is 5.65. The van der Waals surface area contributed by atoms with E-state index in [1.807, 2.05) is 72.8 Å². The normalized spacial score (nSPS) is 10.8. The summed E-state index contributed by atoms with van der Waals surface area (Å²) in [6.07, 6.45) is 1.43. The molecule has 156 valence electrons. The van der Waals surface area contributed by atoms with E-state index in [9.17, 15) is 10.2 Å². The zero-order chi connectivity index (χ0) is 21.5. The van der Waals surface area contributed by atoms with Gasteiger partial charge in [-0.1, -0.05) is 72.8 Å². The van der Waals surface area contributed by atoms with Crippen LogP contribution in [0.15, 0.2) is 97.1 Å². The van der Waals surface area contributed by atoms with Gasteiger partial charge in [-0.15, -0.1) is 0 Å². The maximum Gasteiger partial charge on any atom is 0.130 e. The molecule has 0 aliphatic heterocycles. The lowest BCUT2D eigenvalue weighted by Crippen LogP contribution is -2.00. The summed E-state index contributed by atoms with van der Waals surface area (Å²) < 4.78 is 6.42. The number of hydrogen-bond donors (Lipinski definition) is 2. The molecule has 0 atom stereocenters. The molecule has 4 rings (SSSR count). The van der Waals surface area contributed by atoms with Gasteiger partial charge < -0.3 is 14.9 Å². The van der Waals surface area contributed by atoms with E-state index in [1.165, 1.54) is 11.1 Å². The lowest BCUT2D eigenvalue weighted by Gasteiger charge is -2.16. The average Bonchev–Trinajstić information content (AvgIpc) is 2.82. The van der Waals surface area contributed by atoms with Gasteiger partial charge in [0.05, 0.1) is 13.2 Å². The second-order valence-electron chi connectivity index (χ2n) is 7.63. The molecule has 0 fully saturated rings. The third kappa shape index (κ3) is 5.40. The molecule has 0 radical (unpaired) electrons. The van der Waals surface area contributed by atoms with E-state index in [1.54, 1.807) is 0 Å². The highest BCUT2D eigenvalue weighted by atomic mass is 16.5. The van der Waals surface area contributed by atoms with Crippen LogP contribution in [-0.4, -0.2) is 10.2 Å². The number of aliphatic hydroxyl groups is 2. The maximum atomic E-state index is 9.61. The standard InChI is InChI=1S/C28H26O3/c29-19-23-11-13-27(25(17-23)15-21-7-3-1-4-8-21)31-28-14-12-24(20-30)18-26(28)16-22-9-5-2-6-10-22/h1-14,17-18,29-30H,15-16,19-20H2. The first-order chi connectivity index (χ1) is 15.2. The lowest BCUT2D eigenvalue weighted by molar-refractivity contribution is 0.281. The fourth-order valence-electron chi connectivity index (χ4n) is 3.69. The van der Waals surface area contributed by atoms with Crippen LogP contribution in [0.1, 0.15) is 33.4 Å². The molecule has 0 bridgehead atoms. The minimum Gasteiger partial charge on any atom is -0.457 e. The van der Waals surface area contributed by atoms with Gasteiger partial charge in [0.15, 0.2) is 0 Å². The molecule has 0 saturated heterocycles. The Morgan fingerprint density at radius 2 is 0.903 bits per heavy atom. The van der Waals surface area contributed by atoms with Crippen molar-refractivity contribution in [3.8, 4) is 11.5 Å². The maximum absolute atomic E-state index is 9.61. The summed E-state index contributed by atoms with van der Waals surface area (Å²) >= 11 is 0. The van der Waals surface area contributed by atoms with Gasteiger partial charge in [0, 0.05) is 12.8 Å². The molecule has 0 aromatic heterocycles. The minimum atomic E-state index is -0.00742. The molecular weight excluding hydrogens is 384 g/mol. The van der Waals surface area contributed by atoms with Crippen LogP contribution < -0.4 is 4.74 Å². The Balaban J connectivity index is 1.68. The minimum absolute atomic E-state index is 0.00742. The summed E-state index contributed by atoms with van der Waals surface area (Å²) in [6, 6.07) is 32.1. The second-order valence-corrected chi connectivity index (χ2v) is 7.63. The third-order valence-corrected chi connectivity index (χ3v) is 5.31. The van der Waals surface area contributed by atoms with Crippen molar-refractivity contribution in [2.45, 2.75) is 26.1 Å². The largest absolute Gasteiger partial charge is 0.457 e. The van der Waals surface area contributed by atoms with E-state index in [0.717, 1.165) is 33.8 Å². The highest BCUT2D eigenvalue weighted by molar-refractivity contribution is 5.47. The third-order valence-electron chi connectivity index (χ3n) is 5.31. The van der Waals surface area contributed by atoms with Crippen LogP contribution in [0.5, 0.6) is 11.5 Å². The molecule has 3 nitrogen and oxygen atoms in total. The van der Waals surface area contributed by atoms with E-state index in [0.29, 0.717) is 12.8 Å². The molecule has 0 unspecified atom stereocenters. The second kappa shape index (κ2) is 10.1.